The highest BCUT2D eigenvalue weighted by Gasteiger charge is 2.29. The number of benzene rings is 3. The van der Waals surface area contributed by atoms with E-state index in [4.69, 9.17) is 9.47 Å². The van der Waals surface area contributed by atoms with Gasteiger partial charge in [-0.3, -0.25) is 4.79 Å². The summed E-state index contributed by atoms with van der Waals surface area (Å²) in [5.74, 6) is 1.39. The molecule has 2 atom stereocenters. The predicted molar refractivity (Wildman–Crippen MR) is 119 cm³/mol. The molecule has 0 aliphatic carbocycles. The van der Waals surface area contributed by atoms with Gasteiger partial charge in [0.05, 0.1) is 19.8 Å². The Labute approximate surface area is 178 Å². The maximum absolute atomic E-state index is 13.3. The van der Waals surface area contributed by atoms with Gasteiger partial charge in [0, 0.05) is 5.56 Å². The Kier molecular flexibility index (Phi) is 7.46. The smallest absolute Gasteiger partial charge is 0.287 e. The topological polar surface area (TPSA) is 52.0 Å². The molecular weight excluding hydrogens is 376 g/mol. The Morgan fingerprint density at radius 1 is 1.00 bits per heavy atom. The van der Waals surface area contributed by atoms with Gasteiger partial charge >= 0.3 is 0 Å². The van der Waals surface area contributed by atoms with Crippen LogP contribution in [0.1, 0.15) is 17.2 Å². The molecule has 0 saturated heterocycles. The minimum Gasteiger partial charge on any atom is -0.495 e. The fourth-order valence-corrected chi connectivity index (χ4v) is 3.42. The van der Waals surface area contributed by atoms with Crippen molar-refractivity contribution in [1.29, 1.82) is 0 Å². The zero-order valence-electron chi connectivity index (χ0n) is 17.7. The Morgan fingerprint density at radius 3 is 2.33 bits per heavy atom. The van der Waals surface area contributed by atoms with E-state index in [0.29, 0.717) is 24.6 Å². The van der Waals surface area contributed by atoms with Gasteiger partial charge in [-0.15, -0.1) is 0 Å². The monoisotopic (exact) mass is 405 g/mol. The van der Waals surface area contributed by atoms with Crippen molar-refractivity contribution in [2.45, 2.75) is 13.0 Å². The Balaban J connectivity index is 1.75. The molecule has 156 valence electrons. The predicted octanol–water partition coefficient (Wildman–Crippen LogP) is 3.28. The summed E-state index contributed by atoms with van der Waals surface area (Å²) in [5.41, 5.74) is 2.69. The zero-order chi connectivity index (χ0) is 21.3. The molecular formula is C25H29N2O3+. The standard InChI is InChI=1S/C25H28N2O3/c1-19-14-15-23(29-3)22(18-19)26-25(28)24(20-10-6-4-7-11-20)27(2)16-17-30-21-12-8-5-9-13-21/h4-15,18,24H,16-17H2,1-3H3,(H,26,28)/p+1/t24-/m0/s1. The van der Waals surface area contributed by atoms with Gasteiger partial charge in [0.1, 0.15) is 24.7 Å². The number of nitrogens with one attached hydrogen (secondary N) is 2. The van der Waals surface area contributed by atoms with Crippen LogP contribution in [0.15, 0.2) is 78.9 Å². The number of methoxy groups -OCH3 is 1. The van der Waals surface area contributed by atoms with Gasteiger partial charge in [0.15, 0.2) is 6.04 Å². The van der Waals surface area contributed by atoms with E-state index in [1.54, 1.807) is 7.11 Å². The van der Waals surface area contributed by atoms with Gasteiger partial charge in [-0.1, -0.05) is 54.6 Å². The molecule has 5 heteroatoms. The van der Waals surface area contributed by atoms with Crippen molar-refractivity contribution in [1.82, 2.24) is 0 Å². The molecule has 3 aromatic rings. The second-order valence-corrected chi connectivity index (χ2v) is 7.29. The molecule has 30 heavy (non-hydrogen) atoms. The van der Waals surface area contributed by atoms with Crippen molar-refractivity contribution in [2.24, 2.45) is 0 Å². The van der Waals surface area contributed by atoms with Gasteiger partial charge in [-0.25, -0.2) is 0 Å². The van der Waals surface area contributed by atoms with Crippen molar-refractivity contribution in [2.75, 3.05) is 32.6 Å². The number of amides is 1. The molecule has 0 aromatic heterocycles. The van der Waals surface area contributed by atoms with Crippen molar-refractivity contribution in [3.63, 3.8) is 0 Å². The summed E-state index contributed by atoms with van der Waals surface area (Å²) in [5, 5.41) is 3.06. The lowest BCUT2D eigenvalue weighted by molar-refractivity contribution is -0.902. The first kappa shape index (κ1) is 21.4. The summed E-state index contributed by atoms with van der Waals surface area (Å²) < 4.78 is 11.3. The number of carbonyl (C=O) groups excluding carboxylic acids is 1. The molecule has 1 amide bonds. The molecule has 0 aliphatic rings. The second-order valence-electron chi connectivity index (χ2n) is 7.29. The third kappa shape index (κ3) is 5.61. The normalized spacial score (nSPS) is 12.6. The highest BCUT2D eigenvalue weighted by Crippen LogP contribution is 2.26. The van der Waals surface area contributed by atoms with E-state index in [9.17, 15) is 4.79 Å². The van der Waals surface area contributed by atoms with Crippen LogP contribution in [-0.4, -0.2) is 33.2 Å². The second kappa shape index (κ2) is 10.5. The average Bonchev–Trinajstić information content (AvgIpc) is 2.75. The molecule has 0 heterocycles. The van der Waals surface area contributed by atoms with Gasteiger partial charge in [-0.05, 0) is 36.8 Å². The van der Waals surface area contributed by atoms with Crippen LogP contribution in [0.25, 0.3) is 0 Å². The zero-order valence-corrected chi connectivity index (χ0v) is 17.7. The lowest BCUT2D eigenvalue weighted by Gasteiger charge is -2.25. The molecule has 1 unspecified atom stereocenters. The first-order valence-corrected chi connectivity index (χ1v) is 10.1. The number of aryl methyl sites for hydroxylation is 1. The first-order chi connectivity index (χ1) is 14.6. The van der Waals surface area contributed by atoms with Gasteiger partial charge in [0.25, 0.3) is 5.91 Å². The highest BCUT2D eigenvalue weighted by molar-refractivity contribution is 5.96. The maximum Gasteiger partial charge on any atom is 0.287 e. The lowest BCUT2D eigenvalue weighted by Crippen LogP contribution is -3.11. The number of ether oxygens (including phenoxy) is 2. The van der Waals surface area contributed by atoms with E-state index in [0.717, 1.165) is 21.8 Å². The fourth-order valence-electron chi connectivity index (χ4n) is 3.42. The number of hydrogen-bond acceptors (Lipinski definition) is 3. The third-order valence-electron chi connectivity index (χ3n) is 5.01. The molecule has 5 nitrogen and oxygen atoms in total. The van der Waals surface area contributed by atoms with E-state index < -0.39 is 0 Å². The molecule has 0 bridgehead atoms. The summed E-state index contributed by atoms with van der Waals surface area (Å²) in [7, 11) is 3.62. The SMILES string of the molecule is COc1ccc(C)cc1NC(=O)[C@H](c1ccccc1)[NH+](C)CCOc1ccccc1. The van der Waals surface area contributed by atoms with Gasteiger partial charge < -0.3 is 19.7 Å². The number of hydrogen-bond donors (Lipinski definition) is 2. The minimum absolute atomic E-state index is 0.0812. The number of rotatable bonds is 9. The van der Waals surface area contributed by atoms with E-state index in [-0.39, 0.29) is 11.9 Å². The Hall–Kier alpha value is -3.31. The summed E-state index contributed by atoms with van der Waals surface area (Å²) in [6.07, 6.45) is 0. The maximum atomic E-state index is 13.3. The number of carbonyl (C=O) groups is 1. The average molecular weight is 406 g/mol. The molecule has 0 saturated carbocycles. The first-order valence-electron chi connectivity index (χ1n) is 10.1. The van der Waals surface area contributed by atoms with E-state index in [2.05, 4.69) is 5.32 Å². The van der Waals surface area contributed by atoms with Crippen molar-refractivity contribution < 1.29 is 19.2 Å². The summed E-state index contributed by atoms with van der Waals surface area (Å²) in [6, 6.07) is 24.9. The van der Waals surface area contributed by atoms with Crippen LogP contribution in [0, 0.1) is 6.92 Å². The molecule has 3 rings (SSSR count). The Morgan fingerprint density at radius 2 is 1.67 bits per heavy atom. The molecule has 0 radical (unpaired) electrons. The van der Waals surface area contributed by atoms with Crippen LogP contribution in [0.5, 0.6) is 11.5 Å². The van der Waals surface area contributed by atoms with Crippen LogP contribution < -0.4 is 19.7 Å². The summed E-state index contributed by atoms with van der Waals surface area (Å²) >= 11 is 0. The van der Waals surface area contributed by atoms with Crippen LogP contribution in [0.2, 0.25) is 0 Å². The number of para-hydroxylation sites is 1. The molecule has 3 aromatic carbocycles. The fraction of sp³-hybridized carbons (Fsp3) is 0.240. The van der Waals surface area contributed by atoms with E-state index in [1.165, 1.54) is 0 Å². The number of quaternary nitrogens is 1. The van der Waals surface area contributed by atoms with E-state index in [1.807, 2.05) is 92.8 Å². The minimum atomic E-state index is -0.379. The molecule has 0 aliphatic heterocycles. The molecule has 0 spiro atoms. The van der Waals surface area contributed by atoms with Crippen molar-refractivity contribution in [3.8, 4) is 11.5 Å². The lowest BCUT2D eigenvalue weighted by atomic mass is 10.0. The van der Waals surface area contributed by atoms with Crippen LogP contribution in [-0.2, 0) is 4.79 Å². The van der Waals surface area contributed by atoms with Crippen LogP contribution >= 0.6 is 0 Å². The Bertz CT molecular complexity index is 945. The van der Waals surface area contributed by atoms with Crippen LogP contribution in [0.3, 0.4) is 0 Å². The van der Waals surface area contributed by atoms with Gasteiger partial charge in [-0.2, -0.15) is 0 Å². The molecule has 0 fully saturated rings. The summed E-state index contributed by atoms with van der Waals surface area (Å²) in [6.45, 7) is 3.18. The van der Waals surface area contributed by atoms with E-state index >= 15 is 0 Å². The number of likely N-dealkylation sites (N-methyl/N-ethyl adjacent to an activating group) is 1. The summed E-state index contributed by atoms with van der Waals surface area (Å²) in [4.78, 5) is 14.4. The molecule has 2 N–H and O–H groups in total. The van der Waals surface area contributed by atoms with Crippen molar-refractivity contribution >= 4 is 11.6 Å². The quantitative estimate of drug-likeness (QED) is 0.575. The highest BCUT2D eigenvalue weighted by atomic mass is 16.5. The van der Waals surface area contributed by atoms with Gasteiger partial charge in [0.2, 0.25) is 0 Å². The largest absolute Gasteiger partial charge is 0.495 e. The third-order valence-corrected chi connectivity index (χ3v) is 5.01. The van der Waals surface area contributed by atoms with Crippen LogP contribution in [0.4, 0.5) is 5.69 Å². The van der Waals surface area contributed by atoms with Crippen molar-refractivity contribution in [3.05, 3.63) is 90.0 Å². The number of anilines is 1.